The molecule has 0 aromatic carbocycles. The lowest BCUT2D eigenvalue weighted by Crippen LogP contribution is -2.35. The highest BCUT2D eigenvalue weighted by Crippen LogP contribution is 2.30. The van der Waals surface area contributed by atoms with Crippen molar-refractivity contribution in [2.75, 3.05) is 27.2 Å². The second kappa shape index (κ2) is 5.88. The van der Waals surface area contributed by atoms with E-state index in [2.05, 4.69) is 32.7 Å². The van der Waals surface area contributed by atoms with Gasteiger partial charge in [-0.1, -0.05) is 18.5 Å². The van der Waals surface area contributed by atoms with E-state index in [1.165, 1.54) is 16.6 Å². The normalized spacial score (nSPS) is 24.5. The van der Waals surface area contributed by atoms with Crippen molar-refractivity contribution in [2.24, 2.45) is 5.92 Å². The number of hydrogen-bond acceptors (Lipinski definition) is 4. The van der Waals surface area contributed by atoms with E-state index in [9.17, 15) is 8.42 Å². The Bertz CT molecular complexity index is 609. The third-order valence-corrected chi connectivity index (χ3v) is 6.29. The molecular weight excluding hydrogens is 366 g/mol. The molecule has 0 spiro atoms. The Morgan fingerprint density at radius 3 is 2.65 bits per heavy atom. The summed E-state index contributed by atoms with van der Waals surface area (Å²) < 4.78 is 27.4. The van der Waals surface area contributed by atoms with Gasteiger partial charge in [-0.25, -0.2) is 13.4 Å². The summed E-state index contributed by atoms with van der Waals surface area (Å²) in [5.74, 6) is 0.277. The van der Waals surface area contributed by atoms with Gasteiger partial charge in [0.1, 0.15) is 10.0 Å². The van der Waals surface area contributed by atoms with Crippen LogP contribution in [-0.4, -0.2) is 55.8 Å². The summed E-state index contributed by atoms with van der Waals surface area (Å²) in [5.41, 5.74) is 0. The van der Waals surface area contributed by atoms with Crippen LogP contribution in [0.3, 0.4) is 0 Å². The van der Waals surface area contributed by atoms with E-state index in [4.69, 9.17) is 11.6 Å². The Kier molecular flexibility index (Phi) is 4.76. The zero-order chi connectivity index (χ0) is 15.1. The van der Waals surface area contributed by atoms with Gasteiger partial charge in [0.25, 0.3) is 0 Å². The van der Waals surface area contributed by atoms with Crippen molar-refractivity contribution in [3.8, 4) is 0 Å². The van der Waals surface area contributed by atoms with Crippen molar-refractivity contribution in [1.29, 1.82) is 0 Å². The molecule has 2 atom stereocenters. The summed E-state index contributed by atoms with van der Waals surface area (Å²) in [6.45, 7) is 3.02. The average Bonchev–Trinajstić information content (AvgIpc) is 2.75. The molecule has 0 radical (unpaired) electrons. The van der Waals surface area contributed by atoms with Gasteiger partial charge < -0.3 is 4.90 Å². The Labute approximate surface area is 133 Å². The van der Waals surface area contributed by atoms with Crippen LogP contribution in [0.15, 0.2) is 21.6 Å². The van der Waals surface area contributed by atoms with Crippen LogP contribution < -0.4 is 0 Å². The number of aromatic nitrogens is 1. The number of hydrogen-bond donors (Lipinski definition) is 0. The summed E-state index contributed by atoms with van der Waals surface area (Å²) in [6.07, 6.45) is 1.48. The Morgan fingerprint density at radius 2 is 2.10 bits per heavy atom. The van der Waals surface area contributed by atoms with Crippen molar-refractivity contribution in [2.45, 2.75) is 17.9 Å². The highest BCUT2D eigenvalue weighted by atomic mass is 79.9. The molecule has 0 N–H and O–H groups in total. The monoisotopic (exact) mass is 381 g/mol. The molecule has 0 amide bonds. The molecule has 1 aromatic heterocycles. The minimum absolute atomic E-state index is 0.00848. The quantitative estimate of drug-likeness (QED) is 0.751. The highest BCUT2D eigenvalue weighted by Gasteiger charge is 2.39. The van der Waals surface area contributed by atoms with Gasteiger partial charge in [0.2, 0.25) is 10.0 Å². The van der Waals surface area contributed by atoms with E-state index in [-0.39, 0.29) is 22.0 Å². The van der Waals surface area contributed by atoms with Gasteiger partial charge in [-0.2, -0.15) is 4.31 Å². The maximum absolute atomic E-state index is 12.7. The molecular formula is C12H17BrClN3O2S. The van der Waals surface area contributed by atoms with Crippen LogP contribution >= 0.6 is 27.5 Å². The highest BCUT2D eigenvalue weighted by molar-refractivity contribution is 9.10. The Hall–Kier alpha value is -0.210. The van der Waals surface area contributed by atoms with Crippen LogP contribution in [0.5, 0.6) is 0 Å². The van der Waals surface area contributed by atoms with E-state index in [0.29, 0.717) is 17.6 Å². The van der Waals surface area contributed by atoms with Crippen LogP contribution in [0.4, 0.5) is 0 Å². The number of nitrogens with zero attached hydrogens (tertiary/aromatic N) is 3. The average molecular weight is 383 g/mol. The number of rotatable bonds is 3. The minimum Gasteiger partial charge on any atom is -0.305 e. The van der Waals surface area contributed by atoms with Gasteiger partial charge in [0, 0.05) is 29.8 Å². The predicted molar refractivity (Wildman–Crippen MR) is 82.3 cm³/mol. The van der Waals surface area contributed by atoms with Gasteiger partial charge in [-0.15, -0.1) is 0 Å². The molecule has 5 nitrogen and oxygen atoms in total. The Morgan fingerprint density at radius 1 is 1.45 bits per heavy atom. The third-order valence-electron chi connectivity index (χ3n) is 3.59. The van der Waals surface area contributed by atoms with Crippen molar-refractivity contribution >= 4 is 37.6 Å². The molecule has 2 heterocycles. The second-order valence-corrected chi connectivity index (χ2v) is 8.45. The third kappa shape index (κ3) is 3.01. The maximum Gasteiger partial charge on any atom is 0.246 e. The standard InChI is InChI=1S/C12H17BrClN3O2S/c1-8-6-17(7-10(8)16(2)3)20(18,19)11-4-9(13)5-15-12(11)14/h4-5,8,10H,6-7H2,1-3H3. The zero-order valence-corrected chi connectivity index (χ0v) is 14.7. The maximum atomic E-state index is 12.7. The first-order valence-electron chi connectivity index (χ1n) is 6.21. The van der Waals surface area contributed by atoms with Crippen LogP contribution in [0.2, 0.25) is 5.15 Å². The van der Waals surface area contributed by atoms with Crippen LogP contribution in [0.25, 0.3) is 0 Å². The lowest BCUT2D eigenvalue weighted by atomic mass is 10.1. The molecule has 1 fully saturated rings. The number of pyridine rings is 1. The summed E-state index contributed by atoms with van der Waals surface area (Å²) in [5, 5.41) is 0.00848. The van der Waals surface area contributed by atoms with Crippen molar-refractivity contribution < 1.29 is 8.42 Å². The van der Waals surface area contributed by atoms with Crippen LogP contribution in [-0.2, 0) is 10.0 Å². The number of halogens is 2. The topological polar surface area (TPSA) is 53.5 Å². The molecule has 2 rings (SSSR count). The molecule has 20 heavy (non-hydrogen) atoms. The second-order valence-electron chi connectivity index (χ2n) is 5.27. The first-order valence-corrected chi connectivity index (χ1v) is 8.82. The first kappa shape index (κ1) is 16.2. The summed E-state index contributed by atoms with van der Waals surface area (Å²) >= 11 is 9.18. The van der Waals surface area contributed by atoms with Crippen molar-refractivity contribution in [3.63, 3.8) is 0 Å². The number of sulfonamides is 1. The van der Waals surface area contributed by atoms with Gasteiger partial charge in [0.05, 0.1) is 0 Å². The van der Waals surface area contributed by atoms with E-state index < -0.39 is 10.0 Å². The first-order chi connectivity index (χ1) is 9.23. The van der Waals surface area contributed by atoms with Gasteiger partial charge in [-0.05, 0) is 42.0 Å². The summed E-state index contributed by atoms with van der Waals surface area (Å²) in [4.78, 5) is 6.00. The van der Waals surface area contributed by atoms with Crippen LogP contribution in [0.1, 0.15) is 6.92 Å². The Balaban J connectivity index is 2.35. The van der Waals surface area contributed by atoms with E-state index in [1.54, 1.807) is 0 Å². The van der Waals surface area contributed by atoms with E-state index >= 15 is 0 Å². The van der Waals surface area contributed by atoms with Gasteiger partial charge in [-0.3, -0.25) is 0 Å². The lowest BCUT2D eigenvalue weighted by Gasteiger charge is -2.22. The largest absolute Gasteiger partial charge is 0.305 e. The molecule has 2 unspecified atom stereocenters. The minimum atomic E-state index is -3.61. The zero-order valence-electron chi connectivity index (χ0n) is 11.5. The summed E-state index contributed by atoms with van der Waals surface area (Å²) in [6, 6.07) is 1.71. The van der Waals surface area contributed by atoms with Gasteiger partial charge >= 0.3 is 0 Å². The molecule has 1 aliphatic rings. The molecule has 1 saturated heterocycles. The lowest BCUT2D eigenvalue weighted by molar-refractivity contribution is 0.263. The summed E-state index contributed by atoms with van der Waals surface area (Å²) in [7, 11) is 0.317. The molecule has 0 bridgehead atoms. The molecule has 1 aliphatic heterocycles. The van der Waals surface area contributed by atoms with Crippen LogP contribution in [0, 0.1) is 5.92 Å². The number of likely N-dealkylation sites (N-methyl/N-ethyl adjacent to an activating group) is 1. The SMILES string of the molecule is CC1CN(S(=O)(=O)c2cc(Br)cnc2Cl)CC1N(C)C. The molecule has 0 saturated carbocycles. The molecule has 112 valence electrons. The smallest absolute Gasteiger partial charge is 0.246 e. The predicted octanol–water partition coefficient (Wildman–Crippen LogP) is 2.07. The fourth-order valence-electron chi connectivity index (χ4n) is 2.50. The fourth-order valence-corrected chi connectivity index (χ4v) is 4.98. The molecule has 8 heteroatoms. The molecule has 1 aromatic rings. The van der Waals surface area contributed by atoms with E-state index in [0.717, 1.165) is 0 Å². The molecule has 0 aliphatic carbocycles. The van der Waals surface area contributed by atoms with E-state index in [1.807, 2.05) is 14.1 Å². The van der Waals surface area contributed by atoms with Crippen molar-refractivity contribution in [1.82, 2.24) is 14.2 Å². The fraction of sp³-hybridized carbons (Fsp3) is 0.583. The van der Waals surface area contributed by atoms with Crippen molar-refractivity contribution in [3.05, 3.63) is 21.9 Å². The van der Waals surface area contributed by atoms with Gasteiger partial charge in [0.15, 0.2) is 0 Å².